The van der Waals surface area contributed by atoms with Crippen LogP contribution < -0.4 is 5.32 Å². The van der Waals surface area contributed by atoms with Gasteiger partial charge in [0.15, 0.2) is 11.0 Å². The Morgan fingerprint density at radius 1 is 1.09 bits per heavy atom. The molecule has 0 aliphatic carbocycles. The number of hydrogen-bond acceptors (Lipinski definition) is 5. The van der Waals surface area contributed by atoms with Crippen LogP contribution in [0.2, 0.25) is 0 Å². The minimum atomic E-state index is -0.0538. The van der Waals surface area contributed by atoms with E-state index in [9.17, 15) is 4.79 Å². The maximum atomic E-state index is 12.8. The maximum absolute atomic E-state index is 12.8. The Morgan fingerprint density at radius 3 is 2.59 bits per heavy atom. The van der Waals surface area contributed by atoms with Crippen LogP contribution in [0, 0.1) is 6.92 Å². The summed E-state index contributed by atoms with van der Waals surface area (Å²) in [7, 11) is 0. The van der Waals surface area contributed by atoms with Crippen molar-refractivity contribution in [3.8, 4) is 16.4 Å². The molecule has 1 unspecified atom stereocenters. The van der Waals surface area contributed by atoms with Crippen molar-refractivity contribution in [2.75, 3.05) is 11.1 Å². The summed E-state index contributed by atoms with van der Waals surface area (Å²) in [5, 5.41) is 14.7. The number of aryl methyl sites for hydroxylation is 1. The van der Waals surface area contributed by atoms with E-state index in [1.54, 1.807) is 11.3 Å². The smallest absolute Gasteiger partial charge is 0.234 e. The van der Waals surface area contributed by atoms with Gasteiger partial charge in [-0.15, -0.1) is 21.5 Å². The lowest BCUT2D eigenvalue weighted by Crippen LogP contribution is -2.16. The molecule has 0 saturated carbocycles. The lowest BCUT2D eigenvalue weighted by molar-refractivity contribution is -0.113. The number of carbonyl (C=O) groups excluding carboxylic acids is 1. The normalized spacial score (nSPS) is 12.0. The van der Waals surface area contributed by atoms with Gasteiger partial charge in [0.25, 0.3) is 0 Å². The molecule has 2 aromatic heterocycles. The van der Waals surface area contributed by atoms with Gasteiger partial charge in [-0.2, -0.15) is 0 Å². The van der Waals surface area contributed by atoms with Crippen LogP contribution >= 0.6 is 23.1 Å². The molecular formula is C25H26N4OS2. The molecule has 2 heterocycles. The van der Waals surface area contributed by atoms with Crippen LogP contribution in [-0.2, 0) is 4.79 Å². The fourth-order valence-electron chi connectivity index (χ4n) is 3.43. The topological polar surface area (TPSA) is 59.8 Å². The van der Waals surface area contributed by atoms with Crippen molar-refractivity contribution < 1.29 is 4.79 Å². The quantitative estimate of drug-likeness (QED) is 0.302. The van der Waals surface area contributed by atoms with Crippen LogP contribution in [0.5, 0.6) is 0 Å². The summed E-state index contributed by atoms with van der Waals surface area (Å²) in [6, 6.07) is 20.3. The lowest BCUT2D eigenvalue weighted by atomic mass is 9.97. The highest BCUT2D eigenvalue weighted by atomic mass is 32.2. The Kier molecular flexibility index (Phi) is 7.07. The Balaban J connectivity index is 1.55. The third-order valence-corrected chi connectivity index (χ3v) is 7.17. The SMILES string of the molecule is CCC(C)c1ccccc1NC(=O)CSc1nnc(-c2cccs2)n1-c1ccc(C)cc1. The number of thioether (sulfide) groups is 1. The summed E-state index contributed by atoms with van der Waals surface area (Å²) in [4.78, 5) is 13.8. The summed E-state index contributed by atoms with van der Waals surface area (Å²) in [6.07, 6.45) is 1.02. The first-order valence-electron chi connectivity index (χ1n) is 10.6. The van der Waals surface area contributed by atoms with Gasteiger partial charge < -0.3 is 5.32 Å². The summed E-state index contributed by atoms with van der Waals surface area (Å²) in [6.45, 7) is 6.39. The highest BCUT2D eigenvalue weighted by molar-refractivity contribution is 7.99. The Hall–Kier alpha value is -2.90. The van der Waals surface area contributed by atoms with Crippen LogP contribution in [0.1, 0.15) is 37.3 Å². The molecule has 0 bridgehead atoms. The zero-order valence-corrected chi connectivity index (χ0v) is 20.0. The van der Waals surface area contributed by atoms with Gasteiger partial charge in [0.2, 0.25) is 5.91 Å². The summed E-state index contributed by atoms with van der Waals surface area (Å²) in [5.74, 6) is 1.37. The van der Waals surface area contributed by atoms with Crippen LogP contribution in [0.15, 0.2) is 71.2 Å². The molecule has 1 amide bonds. The third-order valence-electron chi connectivity index (χ3n) is 5.38. The average Bonchev–Trinajstić information content (AvgIpc) is 3.48. The van der Waals surface area contributed by atoms with Gasteiger partial charge in [0.1, 0.15) is 0 Å². The molecule has 0 saturated heterocycles. The number of rotatable bonds is 8. The molecule has 5 nitrogen and oxygen atoms in total. The van der Waals surface area contributed by atoms with Crippen molar-refractivity contribution in [1.82, 2.24) is 14.8 Å². The van der Waals surface area contributed by atoms with Crippen molar-refractivity contribution >= 4 is 34.7 Å². The number of aromatic nitrogens is 3. The van der Waals surface area contributed by atoms with Crippen molar-refractivity contribution in [2.24, 2.45) is 0 Å². The summed E-state index contributed by atoms with van der Waals surface area (Å²) in [5.41, 5.74) is 4.21. The van der Waals surface area contributed by atoms with E-state index in [1.807, 2.05) is 40.3 Å². The highest BCUT2D eigenvalue weighted by Gasteiger charge is 2.18. The predicted molar refractivity (Wildman–Crippen MR) is 134 cm³/mol. The zero-order valence-electron chi connectivity index (χ0n) is 18.4. The van der Waals surface area contributed by atoms with Crippen LogP contribution in [-0.4, -0.2) is 26.4 Å². The van der Waals surface area contributed by atoms with E-state index in [-0.39, 0.29) is 11.7 Å². The Labute approximate surface area is 196 Å². The third kappa shape index (κ3) is 4.95. The van der Waals surface area contributed by atoms with Crippen molar-refractivity contribution in [3.05, 3.63) is 77.2 Å². The minimum absolute atomic E-state index is 0.0538. The number of amides is 1. The van der Waals surface area contributed by atoms with Gasteiger partial charge in [0.05, 0.1) is 10.6 Å². The number of nitrogens with one attached hydrogen (secondary N) is 1. The fraction of sp³-hybridized carbons (Fsp3) is 0.240. The van der Waals surface area contributed by atoms with Crippen molar-refractivity contribution in [1.29, 1.82) is 0 Å². The first-order chi connectivity index (χ1) is 15.6. The minimum Gasteiger partial charge on any atom is -0.325 e. The van der Waals surface area contributed by atoms with E-state index >= 15 is 0 Å². The molecule has 164 valence electrons. The molecule has 0 radical (unpaired) electrons. The van der Waals surface area contributed by atoms with Gasteiger partial charge >= 0.3 is 0 Å². The number of thiophene rings is 1. The molecule has 32 heavy (non-hydrogen) atoms. The Bertz CT molecular complexity index is 1180. The van der Waals surface area contributed by atoms with Gasteiger partial charge in [0, 0.05) is 11.4 Å². The molecule has 0 fully saturated rings. The van der Waals surface area contributed by atoms with Crippen molar-refractivity contribution in [2.45, 2.75) is 38.3 Å². The number of anilines is 1. The second-order valence-corrected chi connectivity index (χ2v) is 9.58. The van der Waals surface area contributed by atoms with E-state index in [4.69, 9.17) is 0 Å². The van der Waals surface area contributed by atoms with Crippen LogP contribution in [0.4, 0.5) is 5.69 Å². The average molecular weight is 463 g/mol. The van der Waals surface area contributed by atoms with E-state index in [2.05, 4.69) is 66.6 Å². The summed E-state index contributed by atoms with van der Waals surface area (Å²) < 4.78 is 2.02. The van der Waals surface area contributed by atoms with Crippen molar-refractivity contribution in [3.63, 3.8) is 0 Å². The highest BCUT2D eigenvalue weighted by Crippen LogP contribution is 2.31. The van der Waals surface area contributed by atoms with Gasteiger partial charge in [-0.1, -0.05) is 67.6 Å². The molecule has 0 aliphatic rings. The van der Waals surface area contributed by atoms with E-state index in [0.29, 0.717) is 11.1 Å². The van der Waals surface area contributed by atoms with Gasteiger partial charge in [-0.25, -0.2) is 0 Å². The molecule has 1 atom stereocenters. The lowest BCUT2D eigenvalue weighted by Gasteiger charge is -2.15. The second kappa shape index (κ2) is 10.1. The second-order valence-electron chi connectivity index (χ2n) is 7.69. The van der Waals surface area contributed by atoms with E-state index < -0.39 is 0 Å². The molecule has 0 spiro atoms. The van der Waals surface area contributed by atoms with Crippen LogP contribution in [0.25, 0.3) is 16.4 Å². The number of carbonyl (C=O) groups is 1. The zero-order chi connectivity index (χ0) is 22.5. The number of para-hydroxylation sites is 1. The number of nitrogens with zero attached hydrogens (tertiary/aromatic N) is 3. The van der Waals surface area contributed by atoms with Gasteiger partial charge in [-0.3, -0.25) is 9.36 Å². The summed E-state index contributed by atoms with van der Waals surface area (Å²) >= 11 is 3.02. The Morgan fingerprint density at radius 2 is 1.88 bits per heavy atom. The predicted octanol–water partition coefficient (Wildman–Crippen LogP) is 6.55. The van der Waals surface area contributed by atoms with Crippen LogP contribution in [0.3, 0.4) is 0 Å². The molecular weight excluding hydrogens is 436 g/mol. The molecule has 0 aliphatic heterocycles. The molecule has 1 N–H and O–H groups in total. The molecule has 7 heteroatoms. The molecule has 2 aromatic carbocycles. The maximum Gasteiger partial charge on any atom is 0.234 e. The van der Waals surface area contributed by atoms with E-state index in [0.717, 1.165) is 34.1 Å². The first-order valence-corrected chi connectivity index (χ1v) is 12.5. The molecule has 4 rings (SSSR count). The van der Waals surface area contributed by atoms with Gasteiger partial charge in [-0.05, 0) is 54.5 Å². The largest absolute Gasteiger partial charge is 0.325 e. The number of benzene rings is 2. The monoisotopic (exact) mass is 462 g/mol. The fourth-order valence-corrected chi connectivity index (χ4v) is 4.88. The number of hydrogen-bond donors (Lipinski definition) is 1. The molecule has 4 aromatic rings. The van der Waals surface area contributed by atoms with E-state index in [1.165, 1.54) is 17.3 Å². The first kappa shape index (κ1) is 22.3. The standard InChI is InChI=1S/C25H26N4OS2/c1-4-18(3)20-8-5-6-9-21(20)26-23(30)16-32-25-28-27-24(22-10-7-15-31-22)29(25)19-13-11-17(2)12-14-19/h5-15,18H,4,16H2,1-3H3,(H,26,30).